The number of nitrogens with one attached hydrogen (secondary N) is 1. The number of carbonyl (C=O) groups excluding carboxylic acids is 1. The van der Waals surface area contributed by atoms with E-state index in [2.05, 4.69) is 15.5 Å². The van der Waals surface area contributed by atoms with Crippen molar-refractivity contribution in [1.82, 2.24) is 15.5 Å². The Labute approximate surface area is 139 Å². The third-order valence-electron chi connectivity index (χ3n) is 3.45. The molecule has 0 saturated carbocycles. The molecule has 0 spiro atoms. The van der Waals surface area contributed by atoms with Crippen LogP contribution in [0.5, 0.6) is 0 Å². The number of methoxy groups -OCH3 is 1. The van der Waals surface area contributed by atoms with Gasteiger partial charge in [-0.15, -0.1) is 0 Å². The lowest BCUT2D eigenvalue weighted by atomic mass is 10.1. The van der Waals surface area contributed by atoms with E-state index >= 15 is 0 Å². The predicted octanol–water partition coefficient (Wildman–Crippen LogP) is 2.78. The maximum Gasteiger partial charge on any atom is 0.259 e. The van der Waals surface area contributed by atoms with Crippen molar-refractivity contribution < 1.29 is 14.1 Å². The fourth-order valence-corrected chi connectivity index (χ4v) is 2.27. The molecule has 0 saturated heterocycles. The predicted molar refractivity (Wildman–Crippen MR) is 89.4 cm³/mol. The van der Waals surface area contributed by atoms with Gasteiger partial charge in [-0.2, -0.15) is 4.98 Å². The van der Waals surface area contributed by atoms with Crippen LogP contribution in [0.4, 0.5) is 0 Å². The molecule has 122 valence electrons. The normalized spacial score (nSPS) is 10.5. The Morgan fingerprint density at radius 1 is 1.12 bits per heavy atom. The lowest BCUT2D eigenvalue weighted by Crippen LogP contribution is -2.27. The Morgan fingerprint density at radius 3 is 2.67 bits per heavy atom. The molecule has 0 atom stereocenters. The topological polar surface area (TPSA) is 77.2 Å². The van der Waals surface area contributed by atoms with Crippen LogP contribution in [-0.2, 0) is 4.74 Å². The molecule has 0 aliphatic heterocycles. The molecule has 3 rings (SSSR count). The molecule has 1 heterocycles. The summed E-state index contributed by atoms with van der Waals surface area (Å²) in [6, 6.07) is 16.7. The van der Waals surface area contributed by atoms with Gasteiger partial charge in [-0.3, -0.25) is 4.79 Å². The van der Waals surface area contributed by atoms with Crippen LogP contribution in [0.25, 0.3) is 22.8 Å². The van der Waals surface area contributed by atoms with Crippen LogP contribution < -0.4 is 5.32 Å². The fraction of sp³-hybridized carbons (Fsp3) is 0.167. The summed E-state index contributed by atoms with van der Waals surface area (Å²) in [7, 11) is 1.59. The highest BCUT2D eigenvalue weighted by Gasteiger charge is 2.17. The molecule has 6 heteroatoms. The molecule has 6 nitrogen and oxygen atoms in total. The summed E-state index contributed by atoms with van der Waals surface area (Å²) in [4.78, 5) is 16.7. The monoisotopic (exact) mass is 323 g/mol. The summed E-state index contributed by atoms with van der Waals surface area (Å²) >= 11 is 0. The van der Waals surface area contributed by atoms with Crippen LogP contribution in [0.15, 0.2) is 59.1 Å². The van der Waals surface area contributed by atoms with E-state index in [-0.39, 0.29) is 5.91 Å². The zero-order valence-corrected chi connectivity index (χ0v) is 13.2. The number of rotatable bonds is 6. The number of hydrogen-bond donors (Lipinski definition) is 1. The third kappa shape index (κ3) is 3.49. The molecule has 0 fully saturated rings. The van der Waals surface area contributed by atoms with Crippen molar-refractivity contribution in [2.45, 2.75) is 0 Å². The average Bonchev–Trinajstić information content (AvgIpc) is 3.12. The Hall–Kier alpha value is -2.99. The number of amides is 1. The van der Waals surface area contributed by atoms with E-state index < -0.39 is 0 Å². The van der Waals surface area contributed by atoms with E-state index in [0.717, 1.165) is 5.56 Å². The van der Waals surface area contributed by atoms with Crippen molar-refractivity contribution in [3.8, 4) is 22.8 Å². The minimum atomic E-state index is -0.206. The first-order valence-electron chi connectivity index (χ1n) is 7.55. The molecule has 0 radical (unpaired) electrons. The van der Waals surface area contributed by atoms with Gasteiger partial charge in [0.2, 0.25) is 5.82 Å². The second-order valence-corrected chi connectivity index (χ2v) is 5.08. The van der Waals surface area contributed by atoms with Gasteiger partial charge >= 0.3 is 0 Å². The molecule has 2 aromatic carbocycles. The average molecular weight is 323 g/mol. The zero-order valence-electron chi connectivity index (χ0n) is 13.2. The van der Waals surface area contributed by atoms with Gasteiger partial charge < -0.3 is 14.6 Å². The van der Waals surface area contributed by atoms with E-state index in [1.165, 1.54) is 0 Å². The second-order valence-electron chi connectivity index (χ2n) is 5.08. The quantitative estimate of drug-likeness (QED) is 0.706. The molecule has 0 aliphatic carbocycles. The van der Waals surface area contributed by atoms with Crippen LogP contribution in [0.3, 0.4) is 0 Å². The van der Waals surface area contributed by atoms with Crippen LogP contribution in [0, 0.1) is 0 Å². The molecule has 1 amide bonds. The molecule has 0 bridgehead atoms. The van der Waals surface area contributed by atoms with Crippen molar-refractivity contribution >= 4 is 5.91 Å². The van der Waals surface area contributed by atoms with Gasteiger partial charge in [0.15, 0.2) is 0 Å². The third-order valence-corrected chi connectivity index (χ3v) is 3.45. The van der Waals surface area contributed by atoms with Gasteiger partial charge in [-0.1, -0.05) is 47.6 Å². The van der Waals surface area contributed by atoms with Crippen molar-refractivity contribution in [3.63, 3.8) is 0 Å². The Kier molecular flexibility index (Phi) is 4.98. The maximum absolute atomic E-state index is 12.3. The summed E-state index contributed by atoms with van der Waals surface area (Å²) in [5.41, 5.74) is 1.94. The van der Waals surface area contributed by atoms with Crippen LogP contribution >= 0.6 is 0 Å². The molecular formula is C18H17N3O3. The van der Waals surface area contributed by atoms with Crippen molar-refractivity contribution in [3.05, 3.63) is 60.2 Å². The standard InChI is InChI=1S/C18H17N3O3/c1-23-12-11-19-17(22)14-9-5-6-10-15(14)18-20-16(21-24-18)13-7-3-2-4-8-13/h2-10H,11-12H2,1H3,(H,19,22). The van der Waals surface area contributed by atoms with Gasteiger partial charge in [-0.05, 0) is 12.1 Å². The number of carbonyl (C=O) groups is 1. The first-order chi connectivity index (χ1) is 11.8. The van der Waals surface area contributed by atoms with E-state index in [4.69, 9.17) is 9.26 Å². The first-order valence-corrected chi connectivity index (χ1v) is 7.55. The van der Waals surface area contributed by atoms with Crippen molar-refractivity contribution in [2.24, 2.45) is 0 Å². The summed E-state index contributed by atoms with van der Waals surface area (Å²) in [5, 5.41) is 6.80. The SMILES string of the molecule is COCCNC(=O)c1ccccc1-c1nc(-c2ccccc2)no1. The number of ether oxygens (including phenoxy) is 1. The Bertz CT molecular complexity index is 815. The number of nitrogens with zero attached hydrogens (tertiary/aromatic N) is 2. The molecule has 1 N–H and O–H groups in total. The zero-order chi connectivity index (χ0) is 16.8. The van der Waals surface area contributed by atoms with Crippen molar-refractivity contribution in [1.29, 1.82) is 0 Å². The minimum absolute atomic E-state index is 0.206. The lowest BCUT2D eigenvalue weighted by molar-refractivity contribution is 0.0937. The Balaban J connectivity index is 1.88. The summed E-state index contributed by atoms with van der Waals surface area (Å²) in [6.45, 7) is 0.884. The molecule has 3 aromatic rings. The summed E-state index contributed by atoms with van der Waals surface area (Å²) in [5.74, 6) is 0.591. The second kappa shape index (κ2) is 7.52. The van der Waals surface area contributed by atoms with E-state index in [1.807, 2.05) is 36.4 Å². The first kappa shape index (κ1) is 15.9. The lowest BCUT2D eigenvalue weighted by Gasteiger charge is -2.07. The number of aromatic nitrogens is 2. The van der Waals surface area contributed by atoms with E-state index in [0.29, 0.717) is 36.0 Å². The smallest absolute Gasteiger partial charge is 0.259 e. The molecule has 1 aromatic heterocycles. The molecular weight excluding hydrogens is 306 g/mol. The fourth-order valence-electron chi connectivity index (χ4n) is 2.27. The van der Waals surface area contributed by atoms with Crippen LogP contribution in [0.2, 0.25) is 0 Å². The molecule has 0 aliphatic rings. The highest BCUT2D eigenvalue weighted by Crippen LogP contribution is 2.25. The van der Waals surface area contributed by atoms with Gasteiger partial charge in [-0.25, -0.2) is 0 Å². The number of hydrogen-bond acceptors (Lipinski definition) is 5. The largest absolute Gasteiger partial charge is 0.383 e. The highest BCUT2D eigenvalue weighted by atomic mass is 16.5. The van der Waals surface area contributed by atoms with E-state index in [9.17, 15) is 4.79 Å². The van der Waals surface area contributed by atoms with Gasteiger partial charge in [0, 0.05) is 19.2 Å². The molecule has 24 heavy (non-hydrogen) atoms. The van der Waals surface area contributed by atoms with Crippen LogP contribution in [-0.4, -0.2) is 36.3 Å². The highest BCUT2D eigenvalue weighted by molar-refractivity contribution is 6.00. The molecule has 0 unspecified atom stereocenters. The van der Waals surface area contributed by atoms with Gasteiger partial charge in [0.25, 0.3) is 11.8 Å². The Morgan fingerprint density at radius 2 is 1.88 bits per heavy atom. The summed E-state index contributed by atoms with van der Waals surface area (Å²) in [6.07, 6.45) is 0. The van der Waals surface area contributed by atoms with Gasteiger partial charge in [0.05, 0.1) is 17.7 Å². The summed E-state index contributed by atoms with van der Waals surface area (Å²) < 4.78 is 10.3. The minimum Gasteiger partial charge on any atom is -0.383 e. The van der Waals surface area contributed by atoms with Crippen molar-refractivity contribution in [2.75, 3.05) is 20.3 Å². The van der Waals surface area contributed by atoms with Gasteiger partial charge in [0.1, 0.15) is 0 Å². The maximum atomic E-state index is 12.3. The number of benzene rings is 2. The van der Waals surface area contributed by atoms with E-state index in [1.54, 1.807) is 25.3 Å². The van der Waals surface area contributed by atoms with Crippen LogP contribution in [0.1, 0.15) is 10.4 Å².